The lowest BCUT2D eigenvalue weighted by Crippen LogP contribution is -2.39. The zero-order chi connectivity index (χ0) is 13.4. The maximum atomic E-state index is 11.4. The molecule has 0 aromatic heterocycles. The number of halogens is 4. The number of hydrogen-bond donors (Lipinski definition) is 3. The Balaban J connectivity index is 0. The first-order valence-electron chi connectivity index (χ1n) is 4.02. The lowest BCUT2D eigenvalue weighted by Gasteiger charge is -2.03. The van der Waals surface area contributed by atoms with Gasteiger partial charge in [0, 0.05) is 6.54 Å². The summed E-state index contributed by atoms with van der Waals surface area (Å²) in [7, 11) is 0. The van der Waals surface area contributed by atoms with Crippen LogP contribution >= 0.6 is 0 Å². The molecule has 5 nitrogen and oxygen atoms in total. The van der Waals surface area contributed by atoms with Crippen molar-refractivity contribution >= 4 is 11.9 Å². The average Bonchev–Trinajstić information content (AvgIpc) is 2.13. The molecule has 0 saturated carbocycles. The Morgan fingerprint density at radius 2 is 1.81 bits per heavy atom. The van der Waals surface area contributed by atoms with Crippen molar-refractivity contribution in [3.05, 3.63) is 0 Å². The second kappa shape index (κ2) is 7.85. The number of hydrogen-bond acceptors (Lipinski definition) is 3. The fourth-order valence-electron chi connectivity index (χ4n) is 0.331. The van der Waals surface area contributed by atoms with Gasteiger partial charge in [-0.3, -0.25) is 4.79 Å². The monoisotopic (exact) mass is 248 g/mol. The minimum absolute atomic E-state index is 0.0559. The number of nitrogens with one attached hydrogen (secondary N) is 1. The highest BCUT2D eigenvalue weighted by Gasteiger charge is 2.38. The molecule has 9 heteroatoms. The summed E-state index contributed by atoms with van der Waals surface area (Å²) in [4.78, 5) is 19.4. The number of carbonyl (C=O) groups is 2. The summed E-state index contributed by atoms with van der Waals surface area (Å²) in [5, 5.41) is 9.42. The van der Waals surface area contributed by atoms with Crippen LogP contribution in [0.4, 0.5) is 17.6 Å². The number of carbonyl (C=O) groups excluding carboxylic acids is 1. The van der Waals surface area contributed by atoms with Gasteiger partial charge in [-0.15, -0.1) is 0 Å². The quantitative estimate of drug-likeness (QED) is 0.615. The Bertz CT molecular complexity index is 230. The molecular formula is C7H12F4N2O3. The van der Waals surface area contributed by atoms with Crippen molar-refractivity contribution in [3.63, 3.8) is 0 Å². The lowest BCUT2D eigenvalue weighted by atomic mass is 10.3. The molecule has 0 aliphatic heterocycles. The van der Waals surface area contributed by atoms with E-state index in [2.05, 4.69) is 5.32 Å². The van der Waals surface area contributed by atoms with Crippen LogP contribution in [-0.2, 0) is 9.59 Å². The number of aliphatic carboxylic acids is 1. The molecule has 0 aromatic rings. The van der Waals surface area contributed by atoms with Crippen molar-refractivity contribution in [2.75, 3.05) is 13.2 Å². The molecule has 0 heterocycles. The second-order valence-electron chi connectivity index (χ2n) is 2.57. The molecule has 0 fully saturated rings. The van der Waals surface area contributed by atoms with Crippen molar-refractivity contribution in [1.82, 2.24) is 5.32 Å². The fraction of sp³-hybridized carbons (Fsp3) is 0.714. The lowest BCUT2D eigenvalue weighted by molar-refractivity contribution is -0.192. The number of rotatable bonds is 3. The summed E-state index contributed by atoms with van der Waals surface area (Å²) in [6.45, 7) is 1.06. The van der Waals surface area contributed by atoms with Gasteiger partial charge < -0.3 is 16.2 Å². The molecule has 96 valence electrons. The molecule has 0 aromatic carbocycles. The van der Waals surface area contributed by atoms with Crippen LogP contribution in [-0.4, -0.2) is 42.4 Å². The summed E-state index contributed by atoms with van der Waals surface area (Å²) in [6.07, 6.45) is -5.08. The van der Waals surface area contributed by atoms with E-state index in [-0.39, 0.29) is 12.5 Å². The second-order valence-corrected chi connectivity index (χ2v) is 2.57. The molecular weight excluding hydrogens is 236 g/mol. The predicted octanol–water partition coefficient (Wildman–Crippen LogP) is 0.0526. The van der Waals surface area contributed by atoms with Crippen LogP contribution in [0.1, 0.15) is 6.92 Å². The smallest absolute Gasteiger partial charge is 0.475 e. The van der Waals surface area contributed by atoms with E-state index in [0.29, 0.717) is 0 Å². The maximum Gasteiger partial charge on any atom is 0.490 e. The molecule has 0 aliphatic rings. The highest BCUT2D eigenvalue weighted by atomic mass is 19.4. The number of carboxylic acid groups (broad SMARTS) is 1. The largest absolute Gasteiger partial charge is 0.490 e. The minimum Gasteiger partial charge on any atom is -0.475 e. The van der Waals surface area contributed by atoms with Gasteiger partial charge in [-0.2, -0.15) is 13.2 Å². The van der Waals surface area contributed by atoms with Crippen molar-refractivity contribution < 1.29 is 32.3 Å². The normalized spacial score (nSPS) is 12.1. The molecule has 0 unspecified atom stereocenters. The summed E-state index contributed by atoms with van der Waals surface area (Å²) >= 11 is 0. The van der Waals surface area contributed by atoms with Gasteiger partial charge in [0.05, 0.1) is 6.04 Å². The Kier molecular flexibility index (Phi) is 8.36. The van der Waals surface area contributed by atoms with Gasteiger partial charge in [0.2, 0.25) is 5.91 Å². The standard InChI is InChI=1S/C5H11FN2O.C2HF3O2/c1-4(7)5(9)8-3-2-6;3-2(4,5)1(6)7/h4H,2-3,7H2,1H3,(H,8,9);(H,6,7)/t4-;/m0./s1. The van der Waals surface area contributed by atoms with Crippen LogP contribution in [0.3, 0.4) is 0 Å². The first kappa shape index (κ1) is 17.0. The number of carboxylic acids is 1. The molecule has 0 spiro atoms. The van der Waals surface area contributed by atoms with Gasteiger partial charge in [-0.05, 0) is 6.92 Å². The number of alkyl halides is 4. The molecule has 0 rings (SSSR count). The Labute approximate surface area is 88.6 Å². The van der Waals surface area contributed by atoms with Crippen molar-refractivity contribution in [3.8, 4) is 0 Å². The summed E-state index contributed by atoms with van der Waals surface area (Å²) < 4.78 is 43.1. The van der Waals surface area contributed by atoms with E-state index in [1.165, 1.54) is 0 Å². The summed E-state index contributed by atoms with van der Waals surface area (Å²) in [5.74, 6) is -3.07. The van der Waals surface area contributed by atoms with Crippen LogP contribution in [0, 0.1) is 0 Å². The van der Waals surface area contributed by atoms with Crippen LogP contribution in [0.5, 0.6) is 0 Å². The summed E-state index contributed by atoms with van der Waals surface area (Å²) in [6, 6.07) is -0.545. The highest BCUT2D eigenvalue weighted by molar-refractivity contribution is 5.80. The molecule has 1 atom stereocenters. The first-order chi connectivity index (χ1) is 7.12. The molecule has 0 bridgehead atoms. The van der Waals surface area contributed by atoms with E-state index in [4.69, 9.17) is 15.6 Å². The van der Waals surface area contributed by atoms with Crippen molar-refractivity contribution in [2.45, 2.75) is 19.1 Å². The maximum absolute atomic E-state index is 11.4. The number of amides is 1. The van der Waals surface area contributed by atoms with Crippen molar-refractivity contribution in [2.24, 2.45) is 5.73 Å². The van der Waals surface area contributed by atoms with E-state index in [9.17, 15) is 22.4 Å². The van der Waals surface area contributed by atoms with E-state index >= 15 is 0 Å². The van der Waals surface area contributed by atoms with Gasteiger partial charge in [-0.1, -0.05) is 0 Å². The molecule has 0 radical (unpaired) electrons. The van der Waals surface area contributed by atoms with E-state index in [1.54, 1.807) is 6.92 Å². The van der Waals surface area contributed by atoms with Crippen molar-refractivity contribution in [1.29, 1.82) is 0 Å². The van der Waals surface area contributed by atoms with Crippen LogP contribution in [0.2, 0.25) is 0 Å². The first-order valence-corrected chi connectivity index (χ1v) is 4.02. The SMILES string of the molecule is C[C@H](N)C(=O)NCCF.O=C(O)C(F)(F)F. The fourth-order valence-corrected chi connectivity index (χ4v) is 0.331. The van der Waals surface area contributed by atoms with E-state index in [0.717, 1.165) is 0 Å². The third kappa shape index (κ3) is 10.7. The minimum atomic E-state index is -5.08. The van der Waals surface area contributed by atoms with Crippen LogP contribution < -0.4 is 11.1 Å². The Morgan fingerprint density at radius 3 is 2.00 bits per heavy atom. The predicted molar refractivity (Wildman–Crippen MR) is 46.3 cm³/mol. The zero-order valence-corrected chi connectivity index (χ0v) is 8.34. The van der Waals surface area contributed by atoms with E-state index < -0.39 is 24.9 Å². The van der Waals surface area contributed by atoms with Gasteiger partial charge in [0.15, 0.2) is 0 Å². The highest BCUT2D eigenvalue weighted by Crippen LogP contribution is 2.13. The Morgan fingerprint density at radius 1 is 1.44 bits per heavy atom. The molecule has 16 heavy (non-hydrogen) atoms. The molecule has 1 amide bonds. The zero-order valence-electron chi connectivity index (χ0n) is 8.34. The van der Waals surface area contributed by atoms with Crippen LogP contribution in [0.15, 0.2) is 0 Å². The van der Waals surface area contributed by atoms with Crippen LogP contribution in [0.25, 0.3) is 0 Å². The molecule has 0 aliphatic carbocycles. The Hall–Kier alpha value is -1.38. The molecule has 4 N–H and O–H groups in total. The van der Waals surface area contributed by atoms with Gasteiger partial charge in [0.1, 0.15) is 6.67 Å². The topological polar surface area (TPSA) is 92.4 Å². The van der Waals surface area contributed by atoms with Gasteiger partial charge in [0.25, 0.3) is 0 Å². The number of nitrogens with two attached hydrogens (primary N) is 1. The molecule has 0 saturated heterocycles. The van der Waals surface area contributed by atoms with Gasteiger partial charge in [-0.25, -0.2) is 9.18 Å². The average molecular weight is 248 g/mol. The third-order valence-electron chi connectivity index (χ3n) is 1.05. The third-order valence-corrected chi connectivity index (χ3v) is 1.05. The van der Waals surface area contributed by atoms with Gasteiger partial charge >= 0.3 is 12.1 Å². The van der Waals surface area contributed by atoms with E-state index in [1.807, 2.05) is 0 Å². The summed E-state index contributed by atoms with van der Waals surface area (Å²) in [5.41, 5.74) is 5.14.